The molecule has 1 heterocycles. The fourth-order valence-corrected chi connectivity index (χ4v) is 3.56. The normalized spacial score (nSPS) is 11.9. The molecule has 0 bridgehead atoms. The van der Waals surface area contributed by atoms with Crippen molar-refractivity contribution in [2.24, 2.45) is 0 Å². The molecule has 0 saturated carbocycles. The smallest absolute Gasteiger partial charge is 0.124 e. The van der Waals surface area contributed by atoms with Gasteiger partial charge in [-0.25, -0.2) is 9.37 Å². The van der Waals surface area contributed by atoms with Gasteiger partial charge in [0, 0.05) is 22.4 Å². The summed E-state index contributed by atoms with van der Waals surface area (Å²) in [6.45, 7) is 12.3. The van der Waals surface area contributed by atoms with Gasteiger partial charge in [0.2, 0.25) is 0 Å². The molecule has 2 rings (SSSR count). The zero-order chi connectivity index (χ0) is 15.6. The first-order chi connectivity index (χ1) is 9.82. The van der Waals surface area contributed by atoms with Gasteiger partial charge in [-0.1, -0.05) is 33.8 Å². The Bertz CT molecular complexity index is 626. The molecule has 1 aromatic carbocycles. The third-order valence-corrected chi connectivity index (χ3v) is 4.46. The first kappa shape index (κ1) is 16.1. The standard InChI is InChI=1S/C17H23FN2S/c1-6-19-10-14-15(17(3,4)5)20-16(21-14)13-9-12(18)8-7-11(13)2/h7-9,19H,6,10H2,1-5H3. The Morgan fingerprint density at radius 3 is 2.62 bits per heavy atom. The van der Waals surface area contributed by atoms with Crippen molar-refractivity contribution in [2.75, 3.05) is 6.54 Å². The predicted molar refractivity (Wildman–Crippen MR) is 88.3 cm³/mol. The molecule has 2 aromatic rings. The van der Waals surface area contributed by atoms with Gasteiger partial charge >= 0.3 is 0 Å². The van der Waals surface area contributed by atoms with Gasteiger partial charge in [-0.2, -0.15) is 0 Å². The fourth-order valence-electron chi connectivity index (χ4n) is 2.24. The third-order valence-electron chi connectivity index (χ3n) is 3.37. The Morgan fingerprint density at radius 1 is 1.29 bits per heavy atom. The molecule has 1 aromatic heterocycles. The summed E-state index contributed by atoms with van der Waals surface area (Å²) in [6, 6.07) is 4.89. The van der Waals surface area contributed by atoms with Crippen LogP contribution in [0.1, 0.15) is 43.8 Å². The number of nitrogens with one attached hydrogen (secondary N) is 1. The van der Waals surface area contributed by atoms with Crippen molar-refractivity contribution < 1.29 is 4.39 Å². The molecular formula is C17H23FN2S. The highest BCUT2D eigenvalue weighted by atomic mass is 32.1. The van der Waals surface area contributed by atoms with Crippen molar-refractivity contribution in [1.29, 1.82) is 0 Å². The summed E-state index contributed by atoms with van der Waals surface area (Å²) in [7, 11) is 0. The van der Waals surface area contributed by atoms with Crippen LogP contribution in [0.15, 0.2) is 18.2 Å². The van der Waals surface area contributed by atoms with Crippen LogP contribution in [0, 0.1) is 12.7 Å². The van der Waals surface area contributed by atoms with E-state index in [9.17, 15) is 4.39 Å². The number of rotatable bonds is 4. The summed E-state index contributed by atoms with van der Waals surface area (Å²) >= 11 is 1.66. The van der Waals surface area contributed by atoms with Crippen molar-refractivity contribution in [3.8, 4) is 10.6 Å². The number of aromatic nitrogens is 1. The molecule has 0 spiro atoms. The minimum atomic E-state index is -0.212. The Kier molecular flexibility index (Phi) is 4.79. The fraction of sp³-hybridized carbons (Fsp3) is 0.471. The van der Waals surface area contributed by atoms with E-state index in [-0.39, 0.29) is 11.2 Å². The Balaban J connectivity index is 2.50. The van der Waals surface area contributed by atoms with E-state index in [1.807, 2.05) is 13.0 Å². The van der Waals surface area contributed by atoms with Crippen LogP contribution < -0.4 is 5.32 Å². The molecule has 4 heteroatoms. The number of hydrogen-bond acceptors (Lipinski definition) is 3. The van der Waals surface area contributed by atoms with Crippen LogP contribution in [-0.4, -0.2) is 11.5 Å². The maximum Gasteiger partial charge on any atom is 0.124 e. The molecule has 114 valence electrons. The molecule has 0 aliphatic rings. The summed E-state index contributed by atoms with van der Waals surface area (Å²) < 4.78 is 13.5. The average molecular weight is 306 g/mol. The Morgan fingerprint density at radius 2 is 2.00 bits per heavy atom. The van der Waals surface area contributed by atoms with Crippen LogP contribution in [0.3, 0.4) is 0 Å². The van der Waals surface area contributed by atoms with Crippen molar-refractivity contribution in [3.05, 3.63) is 40.2 Å². The second kappa shape index (κ2) is 6.24. The van der Waals surface area contributed by atoms with Crippen molar-refractivity contribution in [1.82, 2.24) is 10.3 Å². The Hall–Kier alpha value is -1.26. The summed E-state index contributed by atoms with van der Waals surface area (Å²) in [6.07, 6.45) is 0. The molecule has 0 aliphatic heterocycles. The van der Waals surface area contributed by atoms with Crippen LogP contribution in [0.25, 0.3) is 10.6 Å². The van der Waals surface area contributed by atoms with Gasteiger partial charge in [0.25, 0.3) is 0 Å². The van der Waals surface area contributed by atoms with Crippen molar-refractivity contribution >= 4 is 11.3 Å². The van der Waals surface area contributed by atoms with E-state index in [0.29, 0.717) is 0 Å². The quantitative estimate of drug-likeness (QED) is 0.888. The van der Waals surface area contributed by atoms with E-state index in [0.717, 1.165) is 34.9 Å². The lowest BCUT2D eigenvalue weighted by Gasteiger charge is -2.17. The molecule has 0 saturated heterocycles. The summed E-state index contributed by atoms with van der Waals surface area (Å²) in [5.41, 5.74) is 3.04. The van der Waals surface area contributed by atoms with Gasteiger partial charge in [-0.3, -0.25) is 0 Å². The maximum absolute atomic E-state index is 13.5. The minimum Gasteiger partial charge on any atom is -0.312 e. The zero-order valence-corrected chi connectivity index (χ0v) is 14.2. The van der Waals surface area contributed by atoms with Gasteiger partial charge in [0.05, 0.1) is 5.69 Å². The zero-order valence-electron chi connectivity index (χ0n) is 13.4. The molecule has 0 amide bonds. The number of benzene rings is 1. The largest absolute Gasteiger partial charge is 0.312 e. The van der Waals surface area contributed by atoms with Gasteiger partial charge < -0.3 is 5.32 Å². The van der Waals surface area contributed by atoms with E-state index >= 15 is 0 Å². The van der Waals surface area contributed by atoms with Crippen LogP contribution in [0.4, 0.5) is 4.39 Å². The SMILES string of the molecule is CCNCc1sc(-c2cc(F)ccc2C)nc1C(C)(C)C. The van der Waals surface area contributed by atoms with Gasteiger partial charge in [0.1, 0.15) is 10.8 Å². The highest BCUT2D eigenvalue weighted by Gasteiger charge is 2.24. The minimum absolute atomic E-state index is 0.0132. The highest BCUT2D eigenvalue weighted by Crippen LogP contribution is 2.35. The van der Waals surface area contributed by atoms with E-state index in [4.69, 9.17) is 4.98 Å². The van der Waals surface area contributed by atoms with Gasteiger partial charge in [-0.15, -0.1) is 11.3 Å². The number of thiazole rings is 1. The Labute approximate surface area is 130 Å². The summed E-state index contributed by atoms with van der Waals surface area (Å²) in [4.78, 5) is 6.06. The number of nitrogens with zero attached hydrogens (tertiary/aromatic N) is 1. The topological polar surface area (TPSA) is 24.9 Å². The average Bonchev–Trinajstić information content (AvgIpc) is 2.83. The van der Waals surface area contributed by atoms with Crippen LogP contribution in [0.2, 0.25) is 0 Å². The van der Waals surface area contributed by atoms with Crippen molar-refractivity contribution in [3.63, 3.8) is 0 Å². The molecule has 2 nitrogen and oxygen atoms in total. The van der Waals surface area contributed by atoms with Crippen molar-refractivity contribution in [2.45, 2.75) is 46.6 Å². The lowest BCUT2D eigenvalue weighted by atomic mass is 9.91. The molecule has 1 N–H and O–H groups in total. The summed E-state index contributed by atoms with van der Waals surface area (Å²) in [5, 5.41) is 4.27. The first-order valence-corrected chi connectivity index (χ1v) is 8.12. The van der Waals surface area contributed by atoms with Gasteiger partial charge in [0.15, 0.2) is 0 Å². The number of halogens is 1. The molecule has 0 fully saturated rings. The molecule has 0 radical (unpaired) electrons. The van der Waals surface area contributed by atoms with E-state index < -0.39 is 0 Å². The number of aryl methyl sites for hydroxylation is 1. The molecule has 21 heavy (non-hydrogen) atoms. The first-order valence-electron chi connectivity index (χ1n) is 7.30. The summed E-state index contributed by atoms with van der Waals surface area (Å²) in [5.74, 6) is -0.212. The maximum atomic E-state index is 13.5. The number of hydrogen-bond donors (Lipinski definition) is 1. The second-order valence-electron chi connectivity index (χ2n) is 6.28. The van der Waals surface area contributed by atoms with Crippen LogP contribution in [0.5, 0.6) is 0 Å². The highest BCUT2D eigenvalue weighted by molar-refractivity contribution is 7.15. The monoisotopic (exact) mass is 306 g/mol. The lowest BCUT2D eigenvalue weighted by Crippen LogP contribution is -2.18. The molecule has 0 atom stereocenters. The molecular weight excluding hydrogens is 283 g/mol. The lowest BCUT2D eigenvalue weighted by molar-refractivity contribution is 0.561. The van der Waals surface area contributed by atoms with Crippen LogP contribution in [-0.2, 0) is 12.0 Å². The van der Waals surface area contributed by atoms with E-state index in [1.165, 1.54) is 10.9 Å². The molecule has 0 unspecified atom stereocenters. The predicted octanol–water partition coefficient (Wildman–Crippen LogP) is 4.66. The van der Waals surface area contributed by atoms with E-state index in [1.54, 1.807) is 17.4 Å². The molecule has 0 aliphatic carbocycles. The van der Waals surface area contributed by atoms with Crippen LogP contribution >= 0.6 is 11.3 Å². The second-order valence-corrected chi connectivity index (χ2v) is 7.36. The third kappa shape index (κ3) is 3.69. The van der Waals surface area contributed by atoms with Gasteiger partial charge in [-0.05, 0) is 31.2 Å². The van der Waals surface area contributed by atoms with E-state index in [2.05, 4.69) is 33.0 Å².